The largest absolute Gasteiger partial charge is 0.310 e. The maximum Gasteiger partial charge on any atom is 0.0555 e. The van der Waals surface area contributed by atoms with Gasteiger partial charge in [0.2, 0.25) is 0 Å². The molecule has 0 aliphatic carbocycles. The fourth-order valence-electron chi connectivity index (χ4n) is 0.813. The second-order valence-corrected chi connectivity index (χ2v) is 3.28. The number of rotatable bonds is 3. The number of hydrazone groups is 1. The van der Waals surface area contributed by atoms with Gasteiger partial charge in [-0.15, -0.1) is 0 Å². The quantitative estimate of drug-likeness (QED) is 0.610. The third kappa shape index (κ3) is 3.25. The summed E-state index contributed by atoms with van der Waals surface area (Å²) >= 11 is 11.6. The van der Waals surface area contributed by atoms with Crippen LogP contribution in [0.15, 0.2) is 23.3 Å². The lowest BCUT2D eigenvalue weighted by Gasteiger charge is -1.98. The second kappa shape index (κ2) is 5.10. The van der Waals surface area contributed by atoms with E-state index in [0.29, 0.717) is 10.0 Å². The zero-order valence-electron chi connectivity index (χ0n) is 7.22. The van der Waals surface area contributed by atoms with Crippen LogP contribution in [-0.4, -0.2) is 12.8 Å². The average molecular weight is 217 g/mol. The number of benzene rings is 1. The van der Waals surface area contributed by atoms with Gasteiger partial charge in [-0.3, -0.25) is 0 Å². The number of nitrogens with zero attached hydrogens (tertiary/aromatic N) is 1. The molecule has 0 fully saturated rings. The van der Waals surface area contributed by atoms with Crippen molar-refractivity contribution in [1.82, 2.24) is 5.43 Å². The molecule has 0 bridgehead atoms. The van der Waals surface area contributed by atoms with E-state index in [2.05, 4.69) is 10.5 Å². The number of halogens is 2. The van der Waals surface area contributed by atoms with E-state index in [1.54, 1.807) is 18.3 Å². The predicted molar refractivity (Wildman–Crippen MR) is 57.7 cm³/mol. The van der Waals surface area contributed by atoms with Gasteiger partial charge >= 0.3 is 0 Å². The summed E-state index contributed by atoms with van der Waals surface area (Å²) in [5.74, 6) is 0. The van der Waals surface area contributed by atoms with Gasteiger partial charge in [0.25, 0.3) is 0 Å². The van der Waals surface area contributed by atoms with E-state index in [-0.39, 0.29) is 0 Å². The fraction of sp³-hybridized carbons (Fsp3) is 0.222. The van der Waals surface area contributed by atoms with E-state index in [1.165, 1.54) is 0 Å². The molecule has 70 valence electrons. The molecule has 0 aliphatic rings. The van der Waals surface area contributed by atoms with E-state index in [4.69, 9.17) is 23.2 Å². The Labute approximate surface area is 87.5 Å². The number of nitrogens with one attached hydrogen (secondary N) is 1. The van der Waals surface area contributed by atoms with Crippen molar-refractivity contribution in [3.63, 3.8) is 0 Å². The maximum absolute atomic E-state index is 5.90. The molecule has 0 amide bonds. The van der Waals surface area contributed by atoms with Crippen LogP contribution >= 0.6 is 23.2 Å². The van der Waals surface area contributed by atoms with E-state index in [0.717, 1.165) is 12.1 Å². The fourth-order valence-corrected chi connectivity index (χ4v) is 1.27. The first-order chi connectivity index (χ1) is 6.24. The zero-order valence-corrected chi connectivity index (χ0v) is 8.73. The highest BCUT2D eigenvalue weighted by atomic mass is 35.5. The van der Waals surface area contributed by atoms with Crippen molar-refractivity contribution in [2.24, 2.45) is 5.10 Å². The van der Waals surface area contributed by atoms with Crippen molar-refractivity contribution in [3.8, 4) is 0 Å². The second-order valence-electron chi connectivity index (χ2n) is 2.44. The van der Waals surface area contributed by atoms with Crippen molar-refractivity contribution in [2.75, 3.05) is 6.54 Å². The minimum Gasteiger partial charge on any atom is -0.310 e. The SMILES string of the molecule is CCN/N=C/c1ccc(Cl)cc1Cl. The lowest BCUT2D eigenvalue weighted by molar-refractivity contribution is 0.788. The highest BCUT2D eigenvalue weighted by Gasteiger charge is 1.97. The molecule has 0 spiro atoms. The van der Waals surface area contributed by atoms with Gasteiger partial charge in [0, 0.05) is 17.1 Å². The molecule has 0 aliphatic heterocycles. The van der Waals surface area contributed by atoms with Crippen molar-refractivity contribution >= 4 is 29.4 Å². The van der Waals surface area contributed by atoms with Crippen LogP contribution in [0.1, 0.15) is 12.5 Å². The first-order valence-electron chi connectivity index (χ1n) is 3.95. The molecule has 13 heavy (non-hydrogen) atoms. The average Bonchev–Trinajstić information content (AvgIpc) is 2.09. The van der Waals surface area contributed by atoms with E-state index >= 15 is 0 Å². The molecule has 0 saturated heterocycles. The molecule has 1 rings (SSSR count). The molecule has 0 aromatic heterocycles. The van der Waals surface area contributed by atoms with Gasteiger partial charge in [0.1, 0.15) is 0 Å². The van der Waals surface area contributed by atoms with Gasteiger partial charge in [0.15, 0.2) is 0 Å². The summed E-state index contributed by atoms with van der Waals surface area (Å²) in [5, 5.41) is 5.18. The highest BCUT2D eigenvalue weighted by Crippen LogP contribution is 2.19. The summed E-state index contributed by atoms with van der Waals surface area (Å²) in [7, 11) is 0. The summed E-state index contributed by atoms with van der Waals surface area (Å²) in [6.45, 7) is 2.77. The number of hydrogen-bond donors (Lipinski definition) is 1. The van der Waals surface area contributed by atoms with Crippen molar-refractivity contribution in [1.29, 1.82) is 0 Å². The molecule has 1 aromatic carbocycles. The minimum absolute atomic E-state index is 0.606. The van der Waals surface area contributed by atoms with Gasteiger partial charge in [-0.25, -0.2) is 0 Å². The Morgan fingerprint density at radius 1 is 1.46 bits per heavy atom. The molecule has 0 unspecified atom stereocenters. The normalized spacial score (nSPS) is 10.7. The number of hydrogen-bond acceptors (Lipinski definition) is 2. The molecule has 0 heterocycles. The predicted octanol–water partition coefficient (Wildman–Crippen LogP) is 2.94. The highest BCUT2D eigenvalue weighted by molar-refractivity contribution is 6.36. The van der Waals surface area contributed by atoms with Crippen LogP contribution in [-0.2, 0) is 0 Å². The van der Waals surface area contributed by atoms with Crippen LogP contribution in [0, 0.1) is 0 Å². The lowest BCUT2D eigenvalue weighted by atomic mass is 10.2. The smallest absolute Gasteiger partial charge is 0.0555 e. The van der Waals surface area contributed by atoms with Crippen molar-refractivity contribution < 1.29 is 0 Å². The molecular formula is C9H10Cl2N2. The molecule has 1 aromatic rings. The Bertz CT molecular complexity index is 310. The van der Waals surface area contributed by atoms with Crippen LogP contribution < -0.4 is 5.43 Å². The summed E-state index contributed by atoms with van der Waals surface area (Å²) in [4.78, 5) is 0. The van der Waals surface area contributed by atoms with E-state index in [1.807, 2.05) is 13.0 Å². The van der Waals surface area contributed by atoms with Gasteiger partial charge < -0.3 is 5.43 Å². The van der Waals surface area contributed by atoms with E-state index in [9.17, 15) is 0 Å². The molecule has 4 heteroatoms. The van der Waals surface area contributed by atoms with Gasteiger partial charge in [0.05, 0.1) is 11.2 Å². The Kier molecular flexibility index (Phi) is 4.06. The lowest BCUT2D eigenvalue weighted by Crippen LogP contribution is -2.03. The van der Waals surface area contributed by atoms with Gasteiger partial charge in [-0.1, -0.05) is 29.3 Å². The molecule has 0 radical (unpaired) electrons. The molecule has 2 nitrogen and oxygen atoms in total. The molecular weight excluding hydrogens is 207 g/mol. The van der Waals surface area contributed by atoms with Crippen LogP contribution in [0.2, 0.25) is 10.0 Å². The first kappa shape index (κ1) is 10.4. The third-order valence-electron chi connectivity index (χ3n) is 1.42. The van der Waals surface area contributed by atoms with Gasteiger partial charge in [-0.05, 0) is 19.1 Å². The first-order valence-corrected chi connectivity index (χ1v) is 4.70. The Hall–Kier alpha value is -0.730. The molecule has 0 atom stereocenters. The van der Waals surface area contributed by atoms with Gasteiger partial charge in [-0.2, -0.15) is 5.10 Å². The molecule has 0 saturated carbocycles. The third-order valence-corrected chi connectivity index (χ3v) is 1.98. The van der Waals surface area contributed by atoms with E-state index < -0.39 is 0 Å². The Balaban J connectivity index is 2.77. The van der Waals surface area contributed by atoms with Crippen LogP contribution in [0.25, 0.3) is 0 Å². The summed E-state index contributed by atoms with van der Waals surface area (Å²) in [6, 6.07) is 5.29. The summed E-state index contributed by atoms with van der Waals surface area (Å²) in [6.07, 6.45) is 1.67. The monoisotopic (exact) mass is 216 g/mol. The topological polar surface area (TPSA) is 24.4 Å². The maximum atomic E-state index is 5.90. The van der Waals surface area contributed by atoms with Crippen LogP contribution in [0.3, 0.4) is 0 Å². The Morgan fingerprint density at radius 3 is 2.85 bits per heavy atom. The van der Waals surface area contributed by atoms with Crippen LogP contribution in [0.4, 0.5) is 0 Å². The molecule has 1 N–H and O–H groups in total. The Morgan fingerprint density at radius 2 is 2.23 bits per heavy atom. The van der Waals surface area contributed by atoms with Crippen LogP contribution in [0.5, 0.6) is 0 Å². The summed E-state index contributed by atoms with van der Waals surface area (Å²) < 4.78 is 0. The zero-order chi connectivity index (χ0) is 9.68. The summed E-state index contributed by atoms with van der Waals surface area (Å²) in [5.41, 5.74) is 3.67. The van der Waals surface area contributed by atoms with Crippen molar-refractivity contribution in [2.45, 2.75) is 6.92 Å². The minimum atomic E-state index is 0.606. The van der Waals surface area contributed by atoms with Crippen molar-refractivity contribution in [3.05, 3.63) is 33.8 Å². The standard InChI is InChI=1S/C9H10Cl2N2/c1-2-12-13-6-7-3-4-8(10)5-9(7)11/h3-6,12H,2H2,1H3/b13-6+.